The summed E-state index contributed by atoms with van der Waals surface area (Å²) < 4.78 is 5.47. The van der Waals surface area contributed by atoms with Gasteiger partial charge in [-0.15, -0.1) is 0 Å². The fourth-order valence-corrected chi connectivity index (χ4v) is 3.17. The Balaban J connectivity index is 1.76. The molecule has 0 spiro atoms. The second-order valence-electron chi connectivity index (χ2n) is 6.19. The quantitative estimate of drug-likeness (QED) is 0.802. The molecule has 0 aliphatic carbocycles. The lowest BCUT2D eigenvalue weighted by Gasteiger charge is -2.21. The Morgan fingerprint density at radius 1 is 1.30 bits per heavy atom. The van der Waals surface area contributed by atoms with E-state index in [-0.39, 0.29) is 0 Å². The number of anilines is 2. The van der Waals surface area contributed by atoms with Crippen molar-refractivity contribution >= 4 is 22.8 Å². The summed E-state index contributed by atoms with van der Waals surface area (Å²) in [7, 11) is 2.04. The third-order valence-corrected chi connectivity index (χ3v) is 4.31. The van der Waals surface area contributed by atoms with Gasteiger partial charge in [-0.05, 0) is 38.0 Å². The fourth-order valence-electron chi connectivity index (χ4n) is 3.17. The van der Waals surface area contributed by atoms with Crippen LogP contribution in [0.2, 0.25) is 0 Å². The van der Waals surface area contributed by atoms with Crippen LogP contribution in [0.15, 0.2) is 28.9 Å². The first kappa shape index (κ1) is 14.1. The summed E-state index contributed by atoms with van der Waals surface area (Å²) in [5, 5.41) is 1.06. The van der Waals surface area contributed by atoms with E-state index in [1.165, 1.54) is 12.8 Å². The largest absolute Gasteiger partial charge is 0.467 e. The highest BCUT2D eigenvalue weighted by atomic mass is 16.3. The molecule has 1 saturated heterocycles. The van der Waals surface area contributed by atoms with Gasteiger partial charge in [0.1, 0.15) is 17.2 Å². The van der Waals surface area contributed by atoms with Crippen LogP contribution in [0, 0.1) is 6.92 Å². The third-order valence-electron chi connectivity index (χ3n) is 4.31. The van der Waals surface area contributed by atoms with E-state index in [0.717, 1.165) is 47.3 Å². The van der Waals surface area contributed by atoms with E-state index in [4.69, 9.17) is 14.4 Å². The number of fused-ring (bicyclic) bond motifs is 1. The summed E-state index contributed by atoms with van der Waals surface area (Å²) in [5.41, 5.74) is 2.00. The van der Waals surface area contributed by atoms with Crippen LogP contribution in [0.25, 0.3) is 11.0 Å². The molecule has 0 bridgehead atoms. The SMILES string of the molecule is Cc1cc2c(N(C)Cc3ccco3)nc(N3CCCC3)nc2[nH]1. The highest BCUT2D eigenvalue weighted by Crippen LogP contribution is 2.28. The van der Waals surface area contributed by atoms with Crippen LogP contribution < -0.4 is 9.80 Å². The van der Waals surface area contributed by atoms with E-state index in [9.17, 15) is 0 Å². The molecule has 6 nitrogen and oxygen atoms in total. The zero-order chi connectivity index (χ0) is 15.8. The number of H-pyrrole nitrogens is 1. The van der Waals surface area contributed by atoms with Crippen molar-refractivity contribution in [1.29, 1.82) is 0 Å². The summed E-state index contributed by atoms with van der Waals surface area (Å²) in [5.74, 6) is 2.69. The van der Waals surface area contributed by atoms with Gasteiger partial charge in [0, 0.05) is 25.8 Å². The van der Waals surface area contributed by atoms with Crippen molar-refractivity contribution in [3.63, 3.8) is 0 Å². The Morgan fingerprint density at radius 2 is 2.13 bits per heavy atom. The van der Waals surface area contributed by atoms with Crippen LogP contribution in [0.5, 0.6) is 0 Å². The van der Waals surface area contributed by atoms with Crippen LogP contribution in [0.1, 0.15) is 24.3 Å². The lowest BCUT2D eigenvalue weighted by Crippen LogP contribution is -2.23. The van der Waals surface area contributed by atoms with Crippen molar-refractivity contribution in [3.05, 3.63) is 35.9 Å². The molecular weight excluding hydrogens is 290 g/mol. The molecule has 120 valence electrons. The zero-order valence-corrected chi connectivity index (χ0v) is 13.5. The average Bonchev–Trinajstić information content (AvgIpc) is 3.26. The predicted molar refractivity (Wildman–Crippen MR) is 90.9 cm³/mol. The Morgan fingerprint density at radius 3 is 2.87 bits per heavy atom. The minimum absolute atomic E-state index is 0.683. The number of aromatic nitrogens is 3. The van der Waals surface area contributed by atoms with Crippen molar-refractivity contribution in [2.24, 2.45) is 0 Å². The summed E-state index contributed by atoms with van der Waals surface area (Å²) in [6.45, 7) is 4.80. The number of aromatic amines is 1. The van der Waals surface area contributed by atoms with E-state index in [1.54, 1.807) is 6.26 Å². The number of furan rings is 1. The molecule has 0 unspecified atom stereocenters. The molecule has 1 aliphatic heterocycles. The summed E-state index contributed by atoms with van der Waals surface area (Å²) in [6.07, 6.45) is 4.13. The maximum absolute atomic E-state index is 5.47. The van der Waals surface area contributed by atoms with E-state index in [0.29, 0.717) is 6.54 Å². The Bertz CT molecular complexity index is 802. The molecule has 0 aromatic carbocycles. The van der Waals surface area contributed by atoms with Gasteiger partial charge in [0.15, 0.2) is 0 Å². The van der Waals surface area contributed by atoms with E-state index < -0.39 is 0 Å². The number of hydrogen-bond donors (Lipinski definition) is 1. The highest BCUT2D eigenvalue weighted by Gasteiger charge is 2.20. The molecule has 1 aliphatic rings. The van der Waals surface area contributed by atoms with Gasteiger partial charge in [0.2, 0.25) is 5.95 Å². The van der Waals surface area contributed by atoms with Gasteiger partial charge in [-0.2, -0.15) is 9.97 Å². The topological polar surface area (TPSA) is 61.2 Å². The Hall–Kier alpha value is -2.50. The average molecular weight is 311 g/mol. The molecular formula is C17H21N5O. The molecule has 0 saturated carbocycles. The lowest BCUT2D eigenvalue weighted by molar-refractivity contribution is 0.507. The van der Waals surface area contributed by atoms with Crippen LogP contribution in [0.4, 0.5) is 11.8 Å². The van der Waals surface area contributed by atoms with Crippen molar-refractivity contribution in [2.45, 2.75) is 26.3 Å². The van der Waals surface area contributed by atoms with E-state index in [1.807, 2.05) is 26.1 Å². The number of hydrogen-bond acceptors (Lipinski definition) is 5. The first-order chi connectivity index (χ1) is 11.2. The number of rotatable bonds is 4. The number of nitrogens with zero attached hydrogens (tertiary/aromatic N) is 4. The molecule has 23 heavy (non-hydrogen) atoms. The van der Waals surface area contributed by atoms with Crippen LogP contribution in [-0.4, -0.2) is 35.1 Å². The van der Waals surface area contributed by atoms with Gasteiger partial charge in [-0.1, -0.05) is 0 Å². The molecule has 0 atom stereocenters. The second-order valence-corrected chi connectivity index (χ2v) is 6.19. The molecule has 3 aromatic heterocycles. The highest BCUT2D eigenvalue weighted by molar-refractivity contribution is 5.89. The van der Waals surface area contributed by atoms with Crippen LogP contribution in [-0.2, 0) is 6.54 Å². The molecule has 4 heterocycles. The molecule has 6 heteroatoms. The summed E-state index contributed by atoms with van der Waals surface area (Å²) >= 11 is 0. The fraction of sp³-hybridized carbons (Fsp3) is 0.412. The molecule has 0 amide bonds. The van der Waals surface area contributed by atoms with Crippen molar-refractivity contribution in [3.8, 4) is 0 Å². The molecule has 1 fully saturated rings. The maximum Gasteiger partial charge on any atom is 0.229 e. The van der Waals surface area contributed by atoms with Crippen LogP contribution in [0.3, 0.4) is 0 Å². The monoisotopic (exact) mass is 311 g/mol. The molecule has 0 radical (unpaired) electrons. The normalized spacial score (nSPS) is 14.8. The summed E-state index contributed by atoms with van der Waals surface area (Å²) in [4.78, 5) is 17.3. The molecule has 4 rings (SSSR count). The van der Waals surface area contributed by atoms with Gasteiger partial charge in [0.25, 0.3) is 0 Å². The third kappa shape index (κ3) is 2.65. The van der Waals surface area contributed by atoms with E-state index in [2.05, 4.69) is 20.9 Å². The van der Waals surface area contributed by atoms with Crippen molar-refractivity contribution in [2.75, 3.05) is 29.9 Å². The Labute approximate surface area is 135 Å². The number of nitrogens with one attached hydrogen (secondary N) is 1. The number of aryl methyl sites for hydroxylation is 1. The maximum atomic E-state index is 5.47. The van der Waals surface area contributed by atoms with Crippen LogP contribution >= 0.6 is 0 Å². The summed E-state index contributed by atoms with van der Waals surface area (Å²) in [6, 6.07) is 6.00. The first-order valence-corrected chi connectivity index (χ1v) is 8.06. The smallest absolute Gasteiger partial charge is 0.229 e. The van der Waals surface area contributed by atoms with Gasteiger partial charge in [-0.25, -0.2) is 0 Å². The predicted octanol–water partition coefficient (Wildman–Crippen LogP) is 3.10. The van der Waals surface area contributed by atoms with Gasteiger partial charge in [0.05, 0.1) is 18.2 Å². The van der Waals surface area contributed by atoms with Crippen molar-refractivity contribution in [1.82, 2.24) is 15.0 Å². The van der Waals surface area contributed by atoms with Gasteiger partial charge >= 0.3 is 0 Å². The molecule has 3 aromatic rings. The van der Waals surface area contributed by atoms with Crippen molar-refractivity contribution < 1.29 is 4.42 Å². The minimum Gasteiger partial charge on any atom is -0.467 e. The second kappa shape index (κ2) is 5.61. The standard InChI is InChI=1S/C17H21N5O/c1-12-10-14-15(18-12)19-17(22-7-3-4-8-22)20-16(14)21(2)11-13-6-5-9-23-13/h5-6,9-10H,3-4,7-8,11H2,1-2H3,(H,18,19,20). The van der Waals surface area contributed by atoms with Gasteiger partial charge < -0.3 is 19.2 Å². The zero-order valence-electron chi connectivity index (χ0n) is 13.5. The minimum atomic E-state index is 0.683. The van der Waals surface area contributed by atoms with Gasteiger partial charge in [-0.3, -0.25) is 0 Å². The lowest BCUT2D eigenvalue weighted by atomic mass is 10.3. The Kier molecular flexibility index (Phi) is 3.44. The first-order valence-electron chi connectivity index (χ1n) is 8.06. The van der Waals surface area contributed by atoms with E-state index >= 15 is 0 Å². The molecule has 1 N–H and O–H groups in total.